The lowest BCUT2D eigenvalue weighted by molar-refractivity contribution is 0.332. The van der Waals surface area contributed by atoms with Crippen LogP contribution in [0.5, 0.6) is 0 Å². The Balaban J connectivity index is 2.12. The fraction of sp³-hybridized carbons (Fsp3) is 0.583. The summed E-state index contributed by atoms with van der Waals surface area (Å²) in [5.41, 5.74) is 1.50. The molecule has 0 aromatic carbocycles. The van der Waals surface area contributed by atoms with Crippen molar-refractivity contribution in [2.24, 2.45) is 5.41 Å². The van der Waals surface area contributed by atoms with Crippen molar-refractivity contribution in [2.45, 2.75) is 38.4 Å². The summed E-state index contributed by atoms with van der Waals surface area (Å²) in [6.45, 7) is 6.81. The van der Waals surface area contributed by atoms with Gasteiger partial charge in [-0.2, -0.15) is 0 Å². The second-order valence-corrected chi connectivity index (χ2v) is 7.59. The second kappa shape index (κ2) is 4.49. The molecule has 0 aliphatic rings. The average molecular weight is 301 g/mol. The Morgan fingerprint density at radius 3 is 2.94 bits per heavy atom. The van der Waals surface area contributed by atoms with Crippen molar-refractivity contribution in [3.63, 3.8) is 0 Å². The summed E-state index contributed by atoms with van der Waals surface area (Å²) < 4.78 is 2.10. The maximum absolute atomic E-state index is 4.63. The summed E-state index contributed by atoms with van der Waals surface area (Å²) in [5.74, 6) is 0. The number of rotatable bonds is 4. The third-order valence-corrected chi connectivity index (χ3v) is 3.73. The van der Waals surface area contributed by atoms with Crippen molar-refractivity contribution < 1.29 is 0 Å². The lowest BCUT2D eigenvalue weighted by Crippen LogP contribution is -2.18. The minimum Gasteiger partial charge on any atom is -0.297 e. The number of hydrogen-bond donors (Lipinski definition) is 0. The number of hydrogen-bond acceptors (Lipinski definition) is 2. The van der Waals surface area contributed by atoms with Gasteiger partial charge in [0, 0.05) is 22.6 Å². The number of nitrogens with zero attached hydrogens (tertiary/aromatic N) is 2. The molecule has 1 unspecified atom stereocenters. The van der Waals surface area contributed by atoms with Crippen LogP contribution in [0.2, 0.25) is 0 Å². The summed E-state index contributed by atoms with van der Waals surface area (Å²) >= 11 is 5.32. The van der Waals surface area contributed by atoms with Crippen molar-refractivity contribution in [2.75, 3.05) is 0 Å². The Kier molecular flexibility index (Phi) is 3.40. The van der Waals surface area contributed by atoms with Crippen LogP contribution in [0.4, 0.5) is 0 Å². The topological polar surface area (TPSA) is 17.3 Å². The number of thiazole rings is 1. The minimum absolute atomic E-state index is 0.299. The van der Waals surface area contributed by atoms with E-state index in [0.717, 1.165) is 17.8 Å². The first kappa shape index (κ1) is 12.1. The van der Waals surface area contributed by atoms with Gasteiger partial charge in [-0.25, -0.2) is 4.98 Å². The largest absolute Gasteiger partial charge is 0.297 e. The van der Waals surface area contributed by atoms with E-state index < -0.39 is 0 Å². The fourth-order valence-electron chi connectivity index (χ4n) is 2.19. The van der Waals surface area contributed by atoms with Gasteiger partial charge in [-0.1, -0.05) is 36.7 Å². The van der Waals surface area contributed by atoms with Crippen LogP contribution in [0.25, 0.3) is 4.96 Å². The van der Waals surface area contributed by atoms with Gasteiger partial charge in [0.1, 0.15) is 0 Å². The Morgan fingerprint density at radius 1 is 1.56 bits per heavy atom. The molecule has 0 N–H and O–H groups in total. The van der Waals surface area contributed by atoms with Crippen LogP contribution in [0.1, 0.15) is 32.9 Å². The van der Waals surface area contributed by atoms with Gasteiger partial charge in [0.05, 0.1) is 5.69 Å². The highest BCUT2D eigenvalue weighted by Gasteiger charge is 2.22. The van der Waals surface area contributed by atoms with Crippen molar-refractivity contribution in [3.8, 4) is 0 Å². The van der Waals surface area contributed by atoms with Crippen LogP contribution in [0.3, 0.4) is 0 Å². The molecule has 16 heavy (non-hydrogen) atoms. The van der Waals surface area contributed by atoms with Gasteiger partial charge in [0.2, 0.25) is 0 Å². The first-order valence-corrected chi connectivity index (χ1v) is 7.31. The monoisotopic (exact) mass is 300 g/mol. The molecule has 2 aromatic heterocycles. The van der Waals surface area contributed by atoms with Crippen molar-refractivity contribution in [1.29, 1.82) is 0 Å². The van der Waals surface area contributed by atoms with E-state index in [1.54, 1.807) is 11.3 Å². The molecule has 2 rings (SSSR count). The molecular formula is C12H17BrN2S. The SMILES string of the molecule is CC(Br)CC(C)(C)Cc1cn2ccsc2n1. The molecular weight excluding hydrogens is 284 g/mol. The predicted octanol–water partition coefficient (Wildman–Crippen LogP) is 4.14. The van der Waals surface area contributed by atoms with E-state index in [0.29, 0.717) is 10.2 Å². The normalized spacial score (nSPS) is 14.5. The minimum atomic E-state index is 0.299. The average Bonchev–Trinajstić information content (AvgIpc) is 2.58. The molecule has 0 bridgehead atoms. The van der Waals surface area contributed by atoms with E-state index in [1.165, 1.54) is 5.69 Å². The Hall–Kier alpha value is -0.350. The van der Waals surface area contributed by atoms with Gasteiger partial charge in [-0.3, -0.25) is 4.40 Å². The van der Waals surface area contributed by atoms with Gasteiger partial charge in [0.25, 0.3) is 0 Å². The number of alkyl halides is 1. The molecule has 2 nitrogen and oxygen atoms in total. The first-order valence-electron chi connectivity index (χ1n) is 5.51. The summed E-state index contributed by atoms with van der Waals surface area (Å²) in [5, 5.41) is 2.07. The highest BCUT2D eigenvalue weighted by atomic mass is 79.9. The summed E-state index contributed by atoms with van der Waals surface area (Å²) in [4.78, 5) is 6.29. The Bertz CT molecular complexity index is 442. The lowest BCUT2D eigenvalue weighted by atomic mass is 9.83. The molecule has 88 valence electrons. The van der Waals surface area contributed by atoms with Gasteiger partial charge in [-0.05, 0) is 18.3 Å². The van der Waals surface area contributed by atoms with E-state index in [-0.39, 0.29) is 0 Å². The number of imidazole rings is 1. The van der Waals surface area contributed by atoms with E-state index >= 15 is 0 Å². The molecule has 0 spiro atoms. The fourth-order valence-corrected chi connectivity index (χ4v) is 3.78. The highest BCUT2D eigenvalue weighted by molar-refractivity contribution is 9.09. The molecule has 0 radical (unpaired) electrons. The maximum Gasteiger partial charge on any atom is 0.193 e. The second-order valence-electron chi connectivity index (χ2n) is 5.15. The highest BCUT2D eigenvalue weighted by Crippen LogP contribution is 2.29. The van der Waals surface area contributed by atoms with Crippen LogP contribution < -0.4 is 0 Å². The van der Waals surface area contributed by atoms with Crippen LogP contribution in [0.15, 0.2) is 17.8 Å². The van der Waals surface area contributed by atoms with Gasteiger partial charge in [0.15, 0.2) is 4.96 Å². The predicted molar refractivity (Wildman–Crippen MR) is 73.6 cm³/mol. The first-order chi connectivity index (χ1) is 7.46. The zero-order chi connectivity index (χ0) is 11.8. The third-order valence-electron chi connectivity index (χ3n) is 2.64. The molecule has 0 aliphatic heterocycles. The molecule has 0 aliphatic carbocycles. The van der Waals surface area contributed by atoms with Gasteiger partial charge < -0.3 is 0 Å². The number of halogens is 1. The van der Waals surface area contributed by atoms with Gasteiger partial charge >= 0.3 is 0 Å². The molecule has 1 atom stereocenters. The van der Waals surface area contributed by atoms with Crippen LogP contribution >= 0.6 is 27.3 Å². The number of aromatic nitrogens is 2. The summed E-state index contributed by atoms with van der Waals surface area (Å²) in [6.07, 6.45) is 6.42. The molecule has 0 saturated carbocycles. The Labute approximate surface area is 109 Å². The molecule has 2 aromatic rings. The summed E-state index contributed by atoms with van der Waals surface area (Å²) in [7, 11) is 0. The van der Waals surface area contributed by atoms with Crippen LogP contribution in [-0.2, 0) is 6.42 Å². The lowest BCUT2D eigenvalue weighted by Gasteiger charge is -2.24. The van der Waals surface area contributed by atoms with Crippen LogP contribution in [0, 0.1) is 5.41 Å². The van der Waals surface area contributed by atoms with E-state index in [9.17, 15) is 0 Å². The van der Waals surface area contributed by atoms with E-state index in [4.69, 9.17) is 0 Å². The molecule has 0 saturated heterocycles. The molecule has 2 heterocycles. The summed E-state index contributed by atoms with van der Waals surface area (Å²) in [6, 6.07) is 0. The zero-order valence-electron chi connectivity index (χ0n) is 9.90. The molecule has 0 fully saturated rings. The third kappa shape index (κ3) is 2.86. The van der Waals surface area contributed by atoms with E-state index in [1.807, 2.05) is 0 Å². The zero-order valence-corrected chi connectivity index (χ0v) is 12.3. The van der Waals surface area contributed by atoms with Crippen LogP contribution in [-0.4, -0.2) is 14.2 Å². The maximum atomic E-state index is 4.63. The molecule has 0 amide bonds. The van der Waals surface area contributed by atoms with Crippen molar-refractivity contribution >= 4 is 32.2 Å². The number of fused-ring (bicyclic) bond motifs is 1. The van der Waals surface area contributed by atoms with Crippen molar-refractivity contribution in [1.82, 2.24) is 9.38 Å². The quantitative estimate of drug-likeness (QED) is 0.776. The van der Waals surface area contributed by atoms with E-state index in [2.05, 4.69) is 63.9 Å². The standard InChI is InChI=1S/C12H17BrN2S/c1-9(13)6-12(2,3)7-10-8-15-4-5-16-11(15)14-10/h4-5,8-9H,6-7H2,1-3H3. The van der Waals surface area contributed by atoms with Crippen molar-refractivity contribution in [3.05, 3.63) is 23.5 Å². The Morgan fingerprint density at radius 2 is 2.31 bits per heavy atom. The van der Waals surface area contributed by atoms with Gasteiger partial charge in [-0.15, -0.1) is 11.3 Å². The molecule has 4 heteroatoms. The smallest absolute Gasteiger partial charge is 0.193 e.